The molecule has 6 heteroatoms. The number of hydrogen-bond acceptors (Lipinski definition) is 3. The van der Waals surface area contributed by atoms with Gasteiger partial charge in [0.25, 0.3) is 0 Å². The summed E-state index contributed by atoms with van der Waals surface area (Å²) in [5, 5.41) is 11.9. The highest BCUT2D eigenvalue weighted by atomic mass is 16.5. The van der Waals surface area contributed by atoms with Crippen molar-refractivity contribution in [3.8, 4) is 0 Å². The number of urea groups is 1. The quantitative estimate of drug-likeness (QED) is 0.809. The van der Waals surface area contributed by atoms with E-state index in [0.717, 1.165) is 12.8 Å². The van der Waals surface area contributed by atoms with Gasteiger partial charge >= 0.3 is 12.0 Å². The van der Waals surface area contributed by atoms with Crippen molar-refractivity contribution in [2.24, 2.45) is 11.3 Å². The Bertz CT molecular complexity index is 410. The monoisotopic (exact) mass is 298 g/mol. The second-order valence-corrected chi connectivity index (χ2v) is 6.70. The molecule has 0 aromatic rings. The number of hydrogen-bond donors (Lipinski definition) is 2. The SMILES string of the molecule is CCOC1CC(NC(=O)N2CCC(CC(=O)O)C2)C1(C)C. The number of ether oxygens (including phenoxy) is 1. The summed E-state index contributed by atoms with van der Waals surface area (Å²) in [6.07, 6.45) is 1.96. The first-order chi connectivity index (χ1) is 9.84. The summed E-state index contributed by atoms with van der Waals surface area (Å²) in [7, 11) is 0. The van der Waals surface area contributed by atoms with E-state index in [9.17, 15) is 9.59 Å². The largest absolute Gasteiger partial charge is 0.481 e. The van der Waals surface area contributed by atoms with Crippen molar-refractivity contribution in [2.45, 2.75) is 52.2 Å². The van der Waals surface area contributed by atoms with Crippen LogP contribution in [0, 0.1) is 11.3 Å². The molecule has 0 radical (unpaired) electrons. The van der Waals surface area contributed by atoms with Crippen LogP contribution in [0.25, 0.3) is 0 Å². The molecule has 0 aromatic carbocycles. The smallest absolute Gasteiger partial charge is 0.317 e. The number of likely N-dealkylation sites (tertiary alicyclic amines) is 1. The number of nitrogens with one attached hydrogen (secondary N) is 1. The first kappa shape index (κ1) is 16.1. The molecule has 6 nitrogen and oxygen atoms in total. The zero-order chi connectivity index (χ0) is 15.6. The number of carbonyl (C=O) groups is 2. The molecule has 120 valence electrons. The van der Waals surface area contributed by atoms with Gasteiger partial charge in [-0.1, -0.05) is 13.8 Å². The summed E-state index contributed by atoms with van der Waals surface area (Å²) in [6, 6.07) is 0.0518. The van der Waals surface area contributed by atoms with Crippen molar-refractivity contribution in [1.29, 1.82) is 0 Å². The van der Waals surface area contributed by atoms with E-state index in [2.05, 4.69) is 19.2 Å². The molecule has 2 fully saturated rings. The van der Waals surface area contributed by atoms with E-state index in [0.29, 0.717) is 19.7 Å². The second-order valence-electron chi connectivity index (χ2n) is 6.70. The summed E-state index contributed by atoms with van der Waals surface area (Å²) in [4.78, 5) is 24.7. The summed E-state index contributed by atoms with van der Waals surface area (Å²) < 4.78 is 5.66. The molecule has 1 aliphatic heterocycles. The molecule has 1 saturated carbocycles. The standard InChI is InChI=1S/C15H26N2O4/c1-4-21-12-8-11(15(12,2)3)16-14(20)17-6-5-10(9-17)7-13(18)19/h10-12H,4-9H2,1-3H3,(H,16,20)(H,18,19). The number of rotatable bonds is 5. The van der Waals surface area contributed by atoms with Gasteiger partial charge in [-0.25, -0.2) is 4.79 Å². The van der Waals surface area contributed by atoms with Gasteiger partial charge < -0.3 is 20.1 Å². The summed E-state index contributed by atoms with van der Waals surface area (Å²) in [6.45, 7) is 8.08. The molecule has 0 bridgehead atoms. The van der Waals surface area contributed by atoms with Crippen LogP contribution in [0.5, 0.6) is 0 Å². The molecule has 0 aromatic heterocycles. The van der Waals surface area contributed by atoms with Crippen molar-refractivity contribution in [3.05, 3.63) is 0 Å². The maximum atomic E-state index is 12.3. The fourth-order valence-electron chi connectivity index (χ4n) is 3.29. The van der Waals surface area contributed by atoms with E-state index in [-0.39, 0.29) is 35.9 Å². The zero-order valence-corrected chi connectivity index (χ0v) is 13.1. The van der Waals surface area contributed by atoms with Crippen LogP contribution in [0.4, 0.5) is 4.79 Å². The zero-order valence-electron chi connectivity index (χ0n) is 13.1. The van der Waals surface area contributed by atoms with Gasteiger partial charge in [-0.3, -0.25) is 4.79 Å². The molecule has 2 rings (SSSR count). The minimum absolute atomic E-state index is 0.0497. The Morgan fingerprint density at radius 3 is 2.71 bits per heavy atom. The normalized spacial score (nSPS) is 30.8. The van der Waals surface area contributed by atoms with Crippen molar-refractivity contribution in [3.63, 3.8) is 0 Å². The van der Waals surface area contributed by atoms with Crippen molar-refractivity contribution in [1.82, 2.24) is 10.2 Å². The van der Waals surface area contributed by atoms with Gasteiger partial charge in [-0.05, 0) is 25.7 Å². The van der Waals surface area contributed by atoms with Crippen LogP contribution in [-0.2, 0) is 9.53 Å². The molecule has 1 heterocycles. The number of aliphatic carboxylic acids is 1. The van der Waals surface area contributed by atoms with Crippen LogP contribution in [-0.4, -0.2) is 53.8 Å². The lowest BCUT2D eigenvalue weighted by molar-refractivity contribution is -0.138. The number of carboxylic acids is 1. The van der Waals surface area contributed by atoms with Crippen molar-refractivity contribution in [2.75, 3.05) is 19.7 Å². The van der Waals surface area contributed by atoms with Gasteiger partial charge in [0.05, 0.1) is 6.10 Å². The van der Waals surface area contributed by atoms with Gasteiger partial charge in [-0.15, -0.1) is 0 Å². The minimum Gasteiger partial charge on any atom is -0.481 e. The third-order valence-corrected chi connectivity index (χ3v) is 4.88. The average molecular weight is 298 g/mol. The Hall–Kier alpha value is -1.30. The molecule has 3 atom stereocenters. The van der Waals surface area contributed by atoms with E-state index in [1.807, 2.05) is 6.92 Å². The molecule has 2 amide bonds. The fraction of sp³-hybridized carbons (Fsp3) is 0.867. The summed E-state index contributed by atoms with van der Waals surface area (Å²) >= 11 is 0. The molecule has 21 heavy (non-hydrogen) atoms. The molecule has 2 aliphatic rings. The fourth-order valence-corrected chi connectivity index (χ4v) is 3.29. The van der Waals surface area contributed by atoms with Crippen molar-refractivity contribution < 1.29 is 19.4 Å². The molecular weight excluding hydrogens is 272 g/mol. The molecule has 3 unspecified atom stereocenters. The van der Waals surface area contributed by atoms with E-state index in [1.165, 1.54) is 0 Å². The Morgan fingerprint density at radius 1 is 1.43 bits per heavy atom. The van der Waals surface area contributed by atoms with Crippen LogP contribution in [0.1, 0.15) is 40.0 Å². The molecule has 1 aliphatic carbocycles. The predicted molar refractivity (Wildman–Crippen MR) is 78.1 cm³/mol. The maximum Gasteiger partial charge on any atom is 0.317 e. The van der Waals surface area contributed by atoms with E-state index in [4.69, 9.17) is 9.84 Å². The number of carbonyl (C=O) groups excluding carboxylic acids is 1. The summed E-state index contributed by atoms with van der Waals surface area (Å²) in [5.41, 5.74) is -0.0497. The summed E-state index contributed by atoms with van der Waals surface area (Å²) in [5.74, 6) is -0.708. The van der Waals surface area contributed by atoms with Crippen LogP contribution >= 0.6 is 0 Å². The molecular formula is C15H26N2O4. The van der Waals surface area contributed by atoms with Crippen LogP contribution < -0.4 is 5.32 Å². The number of amides is 2. The van der Waals surface area contributed by atoms with E-state index >= 15 is 0 Å². The van der Waals surface area contributed by atoms with Crippen molar-refractivity contribution >= 4 is 12.0 Å². The Kier molecular flexibility index (Phi) is 4.76. The Morgan fingerprint density at radius 2 is 2.14 bits per heavy atom. The molecule has 1 saturated heterocycles. The first-order valence-corrected chi connectivity index (χ1v) is 7.73. The second kappa shape index (κ2) is 6.22. The maximum absolute atomic E-state index is 12.3. The third-order valence-electron chi connectivity index (χ3n) is 4.88. The minimum atomic E-state index is -0.790. The lowest BCUT2D eigenvalue weighted by atomic mass is 9.64. The van der Waals surface area contributed by atoms with Gasteiger partial charge in [0.2, 0.25) is 0 Å². The topological polar surface area (TPSA) is 78.9 Å². The average Bonchev–Trinajstić information content (AvgIpc) is 2.85. The van der Waals surface area contributed by atoms with Gasteiger partial charge in [0, 0.05) is 37.6 Å². The van der Waals surface area contributed by atoms with E-state index in [1.54, 1.807) is 4.90 Å². The third kappa shape index (κ3) is 3.48. The molecule has 2 N–H and O–H groups in total. The first-order valence-electron chi connectivity index (χ1n) is 7.73. The lowest BCUT2D eigenvalue weighted by Crippen LogP contribution is -2.63. The predicted octanol–water partition coefficient (Wildman–Crippen LogP) is 1.70. The van der Waals surface area contributed by atoms with Crippen LogP contribution in [0.2, 0.25) is 0 Å². The van der Waals surface area contributed by atoms with Crippen LogP contribution in [0.3, 0.4) is 0 Å². The Labute approximate surface area is 125 Å². The van der Waals surface area contributed by atoms with Gasteiger partial charge in [-0.2, -0.15) is 0 Å². The lowest BCUT2D eigenvalue weighted by Gasteiger charge is -2.51. The van der Waals surface area contributed by atoms with Crippen LogP contribution in [0.15, 0.2) is 0 Å². The Balaban J connectivity index is 1.80. The number of carboxylic acid groups (broad SMARTS) is 1. The highest BCUT2D eigenvalue weighted by Gasteiger charge is 2.50. The number of nitrogens with zero attached hydrogens (tertiary/aromatic N) is 1. The highest BCUT2D eigenvalue weighted by molar-refractivity contribution is 5.75. The van der Waals surface area contributed by atoms with Gasteiger partial charge in [0.15, 0.2) is 0 Å². The highest BCUT2D eigenvalue weighted by Crippen LogP contribution is 2.42. The van der Waals surface area contributed by atoms with E-state index < -0.39 is 5.97 Å². The molecule has 0 spiro atoms. The van der Waals surface area contributed by atoms with Gasteiger partial charge in [0.1, 0.15) is 0 Å².